The van der Waals surface area contributed by atoms with Crippen LogP contribution in [0.3, 0.4) is 0 Å². The van der Waals surface area contributed by atoms with Gasteiger partial charge in [0.05, 0.1) is 0 Å². The SMILES string of the molecule is C=CC(=O)OCC(O)COc1ccc(Oc2ccc(OCC(O)COC(=O)C=C)c(C)c2)cc1. The highest BCUT2D eigenvalue weighted by molar-refractivity contribution is 5.81. The first-order chi connectivity index (χ1) is 16.3. The molecule has 2 unspecified atom stereocenters. The van der Waals surface area contributed by atoms with Crippen molar-refractivity contribution in [2.24, 2.45) is 0 Å². The van der Waals surface area contributed by atoms with E-state index in [1.807, 2.05) is 6.92 Å². The average molecular weight is 472 g/mol. The van der Waals surface area contributed by atoms with Crippen molar-refractivity contribution in [3.05, 3.63) is 73.3 Å². The van der Waals surface area contributed by atoms with Crippen molar-refractivity contribution in [3.63, 3.8) is 0 Å². The van der Waals surface area contributed by atoms with Crippen LogP contribution in [-0.4, -0.2) is 60.8 Å². The Kier molecular flexibility index (Phi) is 10.6. The van der Waals surface area contributed by atoms with Crippen LogP contribution in [0, 0.1) is 6.92 Å². The summed E-state index contributed by atoms with van der Waals surface area (Å²) >= 11 is 0. The minimum atomic E-state index is -0.969. The summed E-state index contributed by atoms with van der Waals surface area (Å²) in [6.45, 7) is 7.93. The molecule has 2 aromatic rings. The molecule has 0 radical (unpaired) electrons. The minimum Gasteiger partial charge on any atom is -0.491 e. The zero-order chi connectivity index (χ0) is 24.9. The Morgan fingerprint density at radius 1 is 0.794 bits per heavy atom. The van der Waals surface area contributed by atoms with Gasteiger partial charge in [0.15, 0.2) is 0 Å². The average Bonchev–Trinajstić information content (AvgIpc) is 2.84. The van der Waals surface area contributed by atoms with Gasteiger partial charge in [0.1, 0.15) is 61.6 Å². The maximum absolute atomic E-state index is 11.0. The highest BCUT2D eigenvalue weighted by Gasteiger charge is 2.11. The van der Waals surface area contributed by atoms with E-state index in [0.717, 1.165) is 17.7 Å². The number of esters is 2. The molecule has 2 N–H and O–H groups in total. The van der Waals surface area contributed by atoms with E-state index in [1.165, 1.54) is 0 Å². The lowest BCUT2D eigenvalue weighted by Crippen LogP contribution is -2.24. The van der Waals surface area contributed by atoms with Crippen molar-refractivity contribution in [3.8, 4) is 23.0 Å². The van der Waals surface area contributed by atoms with Crippen LogP contribution in [0.15, 0.2) is 67.8 Å². The van der Waals surface area contributed by atoms with Crippen molar-refractivity contribution in [2.75, 3.05) is 26.4 Å². The van der Waals surface area contributed by atoms with Crippen LogP contribution in [0.25, 0.3) is 0 Å². The number of benzene rings is 2. The highest BCUT2D eigenvalue weighted by atomic mass is 16.6. The summed E-state index contributed by atoms with van der Waals surface area (Å²) in [6, 6.07) is 12.0. The molecular formula is C25H28O9. The van der Waals surface area contributed by atoms with Gasteiger partial charge in [0.25, 0.3) is 0 Å². The van der Waals surface area contributed by atoms with E-state index in [-0.39, 0.29) is 26.4 Å². The number of hydrogen-bond acceptors (Lipinski definition) is 9. The molecule has 0 aliphatic rings. The summed E-state index contributed by atoms with van der Waals surface area (Å²) in [6.07, 6.45) is 0.106. The molecule has 2 atom stereocenters. The largest absolute Gasteiger partial charge is 0.491 e. The van der Waals surface area contributed by atoms with Crippen LogP contribution >= 0.6 is 0 Å². The molecule has 0 aliphatic carbocycles. The summed E-state index contributed by atoms with van der Waals surface area (Å²) in [5.41, 5.74) is 0.791. The molecule has 0 amide bonds. The van der Waals surface area contributed by atoms with Gasteiger partial charge in [-0.3, -0.25) is 0 Å². The Morgan fingerprint density at radius 3 is 1.82 bits per heavy atom. The Labute approximate surface area is 197 Å². The lowest BCUT2D eigenvalue weighted by atomic mass is 10.2. The van der Waals surface area contributed by atoms with E-state index in [1.54, 1.807) is 42.5 Å². The van der Waals surface area contributed by atoms with Crippen molar-refractivity contribution in [1.82, 2.24) is 0 Å². The number of rotatable bonds is 14. The molecule has 0 fully saturated rings. The fourth-order valence-electron chi connectivity index (χ4n) is 2.54. The van der Waals surface area contributed by atoms with Crippen LogP contribution in [-0.2, 0) is 19.1 Å². The van der Waals surface area contributed by atoms with Gasteiger partial charge in [-0.2, -0.15) is 0 Å². The lowest BCUT2D eigenvalue weighted by molar-refractivity contribution is -0.142. The number of carbonyl (C=O) groups is 2. The Balaban J connectivity index is 1.81. The van der Waals surface area contributed by atoms with E-state index < -0.39 is 24.1 Å². The van der Waals surface area contributed by atoms with E-state index >= 15 is 0 Å². The van der Waals surface area contributed by atoms with Crippen LogP contribution < -0.4 is 14.2 Å². The molecule has 2 aromatic carbocycles. The molecule has 0 spiro atoms. The Morgan fingerprint density at radius 2 is 1.29 bits per heavy atom. The van der Waals surface area contributed by atoms with Crippen LogP contribution in [0.5, 0.6) is 23.0 Å². The van der Waals surface area contributed by atoms with Crippen molar-refractivity contribution in [2.45, 2.75) is 19.1 Å². The third-order valence-electron chi connectivity index (χ3n) is 4.25. The summed E-state index contributed by atoms with van der Waals surface area (Å²) in [5, 5.41) is 19.6. The van der Waals surface area contributed by atoms with Crippen LogP contribution in [0.4, 0.5) is 0 Å². The molecule has 0 heterocycles. The van der Waals surface area contributed by atoms with E-state index in [0.29, 0.717) is 23.0 Å². The second-order valence-electron chi connectivity index (χ2n) is 7.10. The second kappa shape index (κ2) is 13.7. The smallest absolute Gasteiger partial charge is 0.330 e. The predicted octanol–water partition coefficient (Wildman–Crippen LogP) is 2.73. The van der Waals surface area contributed by atoms with Gasteiger partial charge in [0.2, 0.25) is 0 Å². The fraction of sp³-hybridized carbons (Fsp3) is 0.280. The summed E-state index contributed by atoms with van der Waals surface area (Å²) in [5.74, 6) is 1.000. The molecule has 9 nitrogen and oxygen atoms in total. The van der Waals surface area contributed by atoms with Crippen LogP contribution in [0.2, 0.25) is 0 Å². The topological polar surface area (TPSA) is 121 Å². The summed E-state index contributed by atoms with van der Waals surface area (Å²) in [7, 11) is 0. The Hall–Kier alpha value is -3.82. The number of aliphatic hydroxyl groups excluding tert-OH is 2. The van der Waals surface area contributed by atoms with E-state index in [9.17, 15) is 19.8 Å². The number of aliphatic hydroxyl groups is 2. The number of aryl methyl sites for hydroxylation is 1. The molecule has 0 aromatic heterocycles. The van der Waals surface area contributed by atoms with E-state index in [2.05, 4.69) is 13.2 Å². The quantitative estimate of drug-likeness (QED) is 0.316. The van der Waals surface area contributed by atoms with Gasteiger partial charge in [-0.1, -0.05) is 13.2 Å². The molecule has 34 heavy (non-hydrogen) atoms. The van der Waals surface area contributed by atoms with Crippen LogP contribution in [0.1, 0.15) is 5.56 Å². The van der Waals surface area contributed by atoms with Crippen molar-refractivity contribution < 1.29 is 43.5 Å². The molecule has 2 rings (SSSR count). The van der Waals surface area contributed by atoms with Gasteiger partial charge in [-0.25, -0.2) is 9.59 Å². The third-order valence-corrected chi connectivity index (χ3v) is 4.25. The van der Waals surface area contributed by atoms with Crippen molar-refractivity contribution >= 4 is 11.9 Å². The second-order valence-corrected chi connectivity index (χ2v) is 7.10. The molecule has 9 heteroatoms. The highest BCUT2D eigenvalue weighted by Crippen LogP contribution is 2.28. The van der Waals surface area contributed by atoms with Gasteiger partial charge in [0, 0.05) is 12.2 Å². The molecule has 0 aliphatic heterocycles. The standard InChI is InChI=1S/C25H28O9/c1-4-24(28)32-15-18(26)13-30-20-6-8-21(9-7-20)34-22-10-11-23(17(3)12-22)31-14-19(27)16-33-25(29)5-2/h4-12,18-19,26-27H,1-2,13-16H2,3H3. The van der Waals surface area contributed by atoms with E-state index in [4.69, 9.17) is 23.7 Å². The first kappa shape index (κ1) is 26.4. The molecule has 182 valence electrons. The number of hydrogen-bond donors (Lipinski definition) is 2. The minimum absolute atomic E-state index is 0.0433. The third kappa shape index (κ3) is 9.35. The molecular weight excluding hydrogens is 444 g/mol. The molecule has 0 bridgehead atoms. The maximum Gasteiger partial charge on any atom is 0.330 e. The first-order valence-corrected chi connectivity index (χ1v) is 10.4. The lowest BCUT2D eigenvalue weighted by Gasteiger charge is -2.15. The zero-order valence-electron chi connectivity index (χ0n) is 18.8. The number of carbonyl (C=O) groups excluding carboxylic acids is 2. The van der Waals surface area contributed by atoms with Crippen molar-refractivity contribution in [1.29, 1.82) is 0 Å². The number of ether oxygens (including phenoxy) is 5. The predicted molar refractivity (Wildman–Crippen MR) is 123 cm³/mol. The monoisotopic (exact) mass is 472 g/mol. The molecule has 0 saturated heterocycles. The van der Waals surface area contributed by atoms with Gasteiger partial charge in [-0.15, -0.1) is 0 Å². The zero-order valence-corrected chi connectivity index (χ0v) is 18.8. The normalized spacial score (nSPS) is 12.1. The van der Waals surface area contributed by atoms with Gasteiger partial charge in [-0.05, 0) is 55.0 Å². The first-order valence-electron chi connectivity index (χ1n) is 10.4. The Bertz CT molecular complexity index is 969. The van der Waals surface area contributed by atoms with Gasteiger partial charge < -0.3 is 33.9 Å². The van der Waals surface area contributed by atoms with Gasteiger partial charge >= 0.3 is 11.9 Å². The summed E-state index contributed by atoms with van der Waals surface area (Å²) in [4.78, 5) is 22.0. The maximum atomic E-state index is 11.0. The molecule has 0 saturated carbocycles. The summed E-state index contributed by atoms with van der Waals surface area (Å²) < 4.78 is 26.4. The fourth-order valence-corrected chi connectivity index (χ4v) is 2.54.